The van der Waals surface area contributed by atoms with Gasteiger partial charge in [-0.1, -0.05) is 37.3 Å². The molecule has 2 aliphatic heterocycles. The normalized spacial score (nSPS) is 17.5. The van der Waals surface area contributed by atoms with Gasteiger partial charge in [-0.2, -0.15) is 0 Å². The fourth-order valence-electron chi connectivity index (χ4n) is 3.99. The number of fused-ring (bicyclic) bond motifs is 1. The van der Waals surface area contributed by atoms with Crippen LogP contribution in [0.3, 0.4) is 0 Å². The lowest BCUT2D eigenvalue weighted by atomic mass is 10.2. The minimum absolute atomic E-state index is 0.00359. The van der Waals surface area contributed by atoms with Gasteiger partial charge in [0.15, 0.2) is 0 Å². The van der Waals surface area contributed by atoms with E-state index < -0.39 is 10.0 Å². The molecule has 2 aliphatic rings. The molecule has 0 radical (unpaired) electrons. The summed E-state index contributed by atoms with van der Waals surface area (Å²) in [4.78, 5) is 16.8. The first-order valence-corrected chi connectivity index (χ1v) is 11.8. The lowest BCUT2D eigenvalue weighted by Crippen LogP contribution is -2.48. The minimum Gasteiger partial charge on any atom is -0.337 e. The topological polar surface area (TPSA) is 60.9 Å². The Labute approximate surface area is 178 Å². The zero-order chi connectivity index (χ0) is 21.1. The molecule has 1 saturated heterocycles. The number of nitrogens with zero attached hydrogens (tertiary/aromatic N) is 3. The van der Waals surface area contributed by atoms with Crippen LogP contribution in [0.1, 0.15) is 18.1 Å². The molecule has 2 aromatic carbocycles. The number of hydrogen-bond donors (Lipinski definition) is 0. The Bertz CT molecular complexity index is 1040. The molecule has 0 aromatic heterocycles. The van der Waals surface area contributed by atoms with Crippen LogP contribution < -0.4 is 4.31 Å². The van der Waals surface area contributed by atoms with Crippen molar-refractivity contribution in [3.05, 3.63) is 65.7 Å². The summed E-state index contributed by atoms with van der Waals surface area (Å²) in [5.41, 5.74) is 2.62. The molecule has 0 saturated carbocycles. The largest absolute Gasteiger partial charge is 0.337 e. The highest BCUT2D eigenvalue weighted by Gasteiger charge is 2.30. The van der Waals surface area contributed by atoms with Gasteiger partial charge in [-0.05, 0) is 48.4 Å². The maximum atomic E-state index is 13.1. The molecule has 0 unspecified atom stereocenters. The highest BCUT2D eigenvalue weighted by atomic mass is 32.2. The van der Waals surface area contributed by atoms with Gasteiger partial charge in [-0.15, -0.1) is 0 Å². The summed E-state index contributed by atoms with van der Waals surface area (Å²) in [5, 5.41) is 0. The Morgan fingerprint density at radius 2 is 1.67 bits per heavy atom. The highest BCUT2D eigenvalue weighted by Crippen LogP contribution is 2.32. The highest BCUT2D eigenvalue weighted by molar-refractivity contribution is 7.92. The van der Waals surface area contributed by atoms with E-state index in [4.69, 9.17) is 0 Å². The summed E-state index contributed by atoms with van der Waals surface area (Å²) in [7, 11) is -3.60. The van der Waals surface area contributed by atoms with Gasteiger partial charge in [-0.25, -0.2) is 8.42 Å². The summed E-state index contributed by atoms with van der Waals surface area (Å²) in [6, 6.07) is 14.3. The number of anilines is 1. The SMILES string of the molecule is CCN1CCN(C(=O)/C=C/c2ccc(S(=O)(=O)N3CCc4ccccc43)cc2)CC1. The molecule has 0 aliphatic carbocycles. The summed E-state index contributed by atoms with van der Waals surface area (Å²) in [6.45, 7) is 6.89. The third-order valence-corrected chi connectivity index (χ3v) is 7.69. The number of benzene rings is 2. The van der Waals surface area contributed by atoms with E-state index in [-0.39, 0.29) is 10.8 Å². The summed E-state index contributed by atoms with van der Waals surface area (Å²) in [5.74, 6) is -0.00359. The summed E-state index contributed by atoms with van der Waals surface area (Å²) < 4.78 is 27.6. The van der Waals surface area contributed by atoms with Crippen molar-refractivity contribution in [2.75, 3.05) is 43.6 Å². The molecule has 0 N–H and O–H groups in total. The first-order valence-electron chi connectivity index (χ1n) is 10.4. The lowest BCUT2D eigenvalue weighted by Gasteiger charge is -2.33. The molecule has 0 atom stereocenters. The molecule has 1 fully saturated rings. The second kappa shape index (κ2) is 8.62. The standard InChI is InChI=1S/C23H27N3O3S/c1-2-24-15-17-25(18-16-24)23(27)12-9-19-7-10-21(11-8-19)30(28,29)26-14-13-20-5-3-4-6-22(20)26/h3-12H,2,13-18H2,1H3/b12-9+. The van der Waals surface area contributed by atoms with Crippen LogP contribution in [0.2, 0.25) is 0 Å². The number of sulfonamides is 1. The number of piperazine rings is 1. The Morgan fingerprint density at radius 1 is 0.967 bits per heavy atom. The average Bonchev–Trinajstić information content (AvgIpc) is 3.23. The van der Waals surface area contributed by atoms with Crippen LogP contribution in [0, 0.1) is 0 Å². The van der Waals surface area contributed by atoms with Gasteiger partial charge in [0.1, 0.15) is 0 Å². The molecule has 7 heteroatoms. The lowest BCUT2D eigenvalue weighted by molar-refractivity contribution is -0.127. The molecule has 0 spiro atoms. The smallest absolute Gasteiger partial charge is 0.264 e. The Hall–Kier alpha value is -2.64. The summed E-state index contributed by atoms with van der Waals surface area (Å²) in [6.07, 6.45) is 4.04. The molecule has 1 amide bonds. The van der Waals surface area contributed by atoms with Gasteiger partial charge in [0, 0.05) is 38.8 Å². The van der Waals surface area contributed by atoms with Crippen molar-refractivity contribution >= 4 is 27.7 Å². The molecule has 0 bridgehead atoms. The number of likely N-dealkylation sites (N-methyl/N-ethyl adjacent to an activating group) is 1. The van der Waals surface area contributed by atoms with E-state index in [9.17, 15) is 13.2 Å². The fraction of sp³-hybridized carbons (Fsp3) is 0.348. The maximum absolute atomic E-state index is 13.1. The van der Waals surface area contributed by atoms with Crippen LogP contribution >= 0.6 is 0 Å². The fourth-order valence-corrected chi connectivity index (χ4v) is 5.50. The van der Waals surface area contributed by atoms with Crippen LogP contribution in [0.15, 0.2) is 59.5 Å². The predicted molar refractivity (Wildman–Crippen MR) is 119 cm³/mol. The van der Waals surface area contributed by atoms with E-state index >= 15 is 0 Å². The van der Waals surface area contributed by atoms with Gasteiger partial charge < -0.3 is 9.80 Å². The van der Waals surface area contributed by atoms with E-state index in [2.05, 4.69) is 11.8 Å². The van der Waals surface area contributed by atoms with Crippen LogP contribution in [0.4, 0.5) is 5.69 Å². The number of rotatable bonds is 5. The van der Waals surface area contributed by atoms with Crippen molar-refractivity contribution in [1.29, 1.82) is 0 Å². The van der Waals surface area contributed by atoms with E-state index in [1.807, 2.05) is 29.2 Å². The van der Waals surface area contributed by atoms with Crippen LogP contribution in [-0.4, -0.2) is 63.4 Å². The maximum Gasteiger partial charge on any atom is 0.264 e. The minimum atomic E-state index is -3.60. The van der Waals surface area contributed by atoms with Crippen LogP contribution in [0.5, 0.6) is 0 Å². The van der Waals surface area contributed by atoms with E-state index in [1.54, 1.807) is 36.4 Å². The Morgan fingerprint density at radius 3 is 2.37 bits per heavy atom. The molecular weight excluding hydrogens is 398 g/mol. The third kappa shape index (κ3) is 4.13. The molecule has 158 valence electrons. The number of amides is 1. The first kappa shape index (κ1) is 20.6. The Balaban J connectivity index is 1.43. The number of carbonyl (C=O) groups is 1. The van der Waals surface area contributed by atoms with Gasteiger partial charge in [0.05, 0.1) is 10.6 Å². The molecule has 2 heterocycles. The second-order valence-corrected chi connectivity index (χ2v) is 9.48. The van der Waals surface area contributed by atoms with Gasteiger partial charge in [-0.3, -0.25) is 9.10 Å². The molecule has 30 heavy (non-hydrogen) atoms. The molecular formula is C23H27N3O3S. The third-order valence-electron chi connectivity index (χ3n) is 5.86. The quantitative estimate of drug-likeness (QED) is 0.691. The van der Waals surface area contributed by atoms with Gasteiger partial charge in [0.25, 0.3) is 10.0 Å². The zero-order valence-corrected chi connectivity index (χ0v) is 18.0. The van der Waals surface area contributed by atoms with E-state index in [1.165, 1.54) is 4.31 Å². The predicted octanol–water partition coefficient (Wildman–Crippen LogP) is 2.62. The average molecular weight is 426 g/mol. The van der Waals surface area contributed by atoms with Crippen molar-refractivity contribution in [1.82, 2.24) is 9.80 Å². The molecule has 6 nitrogen and oxygen atoms in total. The summed E-state index contributed by atoms with van der Waals surface area (Å²) >= 11 is 0. The zero-order valence-electron chi connectivity index (χ0n) is 17.2. The van der Waals surface area contributed by atoms with Crippen molar-refractivity contribution in [2.24, 2.45) is 0 Å². The number of carbonyl (C=O) groups excluding carboxylic acids is 1. The molecule has 2 aromatic rings. The van der Waals surface area contributed by atoms with E-state index in [0.717, 1.165) is 56.0 Å². The Kier molecular flexibility index (Phi) is 5.92. The monoisotopic (exact) mass is 425 g/mol. The van der Waals surface area contributed by atoms with E-state index in [0.29, 0.717) is 6.54 Å². The second-order valence-electron chi connectivity index (χ2n) is 7.62. The van der Waals surface area contributed by atoms with Crippen LogP contribution in [-0.2, 0) is 21.2 Å². The van der Waals surface area contributed by atoms with Crippen molar-refractivity contribution < 1.29 is 13.2 Å². The first-order chi connectivity index (χ1) is 14.5. The van der Waals surface area contributed by atoms with Crippen molar-refractivity contribution in [2.45, 2.75) is 18.2 Å². The number of para-hydroxylation sites is 1. The number of hydrogen-bond acceptors (Lipinski definition) is 4. The van der Waals surface area contributed by atoms with Gasteiger partial charge in [0.2, 0.25) is 5.91 Å². The van der Waals surface area contributed by atoms with Crippen LogP contribution in [0.25, 0.3) is 6.08 Å². The van der Waals surface area contributed by atoms with Gasteiger partial charge >= 0.3 is 0 Å². The molecule has 4 rings (SSSR count). The van der Waals surface area contributed by atoms with Crippen molar-refractivity contribution in [3.63, 3.8) is 0 Å². The van der Waals surface area contributed by atoms with Crippen molar-refractivity contribution in [3.8, 4) is 0 Å².